The van der Waals surface area contributed by atoms with E-state index in [0.717, 1.165) is 10.9 Å². The molecule has 0 bridgehead atoms. The van der Waals surface area contributed by atoms with Gasteiger partial charge in [-0.3, -0.25) is 4.79 Å². The van der Waals surface area contributed by atoms with Gasteiger partial charge in [0.2, 0.25) is 5.91 Å². The SMILES string of the molecule is CC(CC(=O)NCCNCC(O)COc1cccc2[nH]ccc12)O[N+](=O)[O-]. The summed E-state index contributed by atoms with van der Waals surface area (Å²) in [5.74, 6) is 0.362. The highest BCUT2D eigenvalue weighted by atomic mass is 17.0. The van der Waals surface area contributed by atoms with E-state index in [1.54, 1.807) is 0 Å². The van der Waals surface area contributed by atoms with Crippen LogP contribution in [0, 0.1) is 10.1 Å². The summed E-state index contributed by atoms with van der Waals surface area (Å²) < 4.78 is 5.66. The number of nitrogens with zero attached hydrogens (tertiary/aromatic N) is 1. The van der Waals surface area contributed by atoms with Crippen molar-refractivity contribution in [2.75, 3.05) is 26.2 Å². The number of carbonyl (C=O) groups is 1. The van der Waals surface area contributed by atoms with Crippen LogP contribution in [0.2, 0.25) is 0 Å². The fraction of sp³-hybridized carbons (Fsp3) is 0.471. The topological polar surface area (TPSA) is 139 Å². The Hall–Kier alpha value is -2.85. The molecule has 2 rings (SSSR count). The largest absolute Gasteiger partial charge is 0.490 e. The molecule has 2 atom stereocenters. The van der Waals surface area contributed by atoms with Crippen LogP contribution in [0.1, 0.15) is 13.3 Å². The maximum Gasteiger partial charge on any atom is 0.294 e. The molecule has 1 aromatic heterocycles. The summed E-state index contributed by atoms with van der Waals surface area (Å²) in [7, 11) is 0. The third-order valence-electron chi connectivity index (χ3n) is 3.73. The Morgan fingerprint density at radius 2 is 2.19 bits per heavy atom. The van der Waals surface area contributed by atoms with E-state index in [4.69, 9.17) is 4.74 Å². The molecule has 10 nitrogen and oxygen atoms in total. The quantitative estimate of drug-likeness (QED) is 0.240. The number of nitrogens with one attached hydrogen (secondary N) is 3. The smallest absolute Gasteiger partial charge is 0.294 e. The number of rotatable bonds is 12. The fourth-order valence-electron chi connectivity index (χ4n) is 2.50. The Morgan fingerprint density at radius 3 is 2.96 bits per heavy atom. The van der Waals surface area contributed by atoms with Gasteiger partial charge in [0.1, 0.15) is 24.6 Å². The third-order valence-corrected chi connectivity index (χ3v) is 3.73. The van der Waals surface area contributed by atoms with E-state index in [1.165, 1.54) is 6.92 Å². The maximum atomic E-state index is 11.6. The van der Waals surface area contributed by atoms with Crippen LogP contribution in [0.5, 0.6) is 5.75 Å². The summed E-state index contributed by atoms with van der Waals surface area (Å²) in [4.78, 5) is 29.1. The number of H-pyrrole nitrogens is 1. The first-order valence-electron chi connectivity index (χ1n) is 8.61. The van der Waals surface area contributed by atoms with Gasteiger partial charge < -0.3 is 30.3 Å². The number of carbonyl (C=O) groups excluding carboxylic acids is 1. The van der Waals surface area contributed by atoms with Crippen LogP contribution >= 0.6 is 0 Å². The van der Waals surface area contributed by atoms with Gasteiger partial charge in [0.25, 0.3) is 5.09 Å². The molecule has 10 heteroatoms. The van der Waals surface area contributed by atoms with Crippen molar-refractivity contribution >= 4 is 16.8 Å². The van der Waals surface area contributed by atoms with E-state index >= 15 is 0 Å². The molecule has 0 aliphatic heterocycles. The van der Waals surface area contributed by atoms with Gasteiger partial charge in [-0.2, -0.15) is 0 Å². The Morgan fingerprint density at radius 1 is 1.37 bits per heavy atom. The minimum absolute atomic E-state index is 0.0951. The van der Waals surface area contributed by atoms with Gasteiger partial charge in [-0.15, -0.1) is 10.1 Å². The summed E-state index contributed by atoms with van der Waals surface area (Å²) in [5, 5.41) is 25.8. The second-order valence-electron chi connectivity index (χ2n) is 6.06. The fourth-order valence-corrected chi connectivity index (χ4v) is 2.50. The van der Waals surface area contributed by atoms with Crippen molar-refractivity contribution in [1.82, 2.24) is 15.6 Å². The number of aliphatic hydroxyl groups excluding tert-OH is 1. The van der Waals surface area contributed by atoms with Crippen LogP contribution in [-0.4, -0.2) is 59.5 Å². The molecule has 0 aliphatic rings. The van der Waals surface area contributed by atoms with E-state index in [9.17, 15) is 20.0 Å². The second kappa shape index (κ2) is 10.3. The summed E-state index contributed by atoms with van der Waals surface area (Å²) >= 11 is 0. The number of ether oxygens (including phenoxy) is 1. The highest BCUT2D eigenvalue weighted by Crippen LogP contribution is 2.24. The average molecular weight is 380 g/mol. The predicted octanol–water partition coefficient (Wildman–Crippen LogP) is 0.600. The van der Waals surface area contributed by atoms with Crippen LogP contribution in [-0.2, 0) is 9.63 Å². The molecular weight excluding hydrogens is 356 g/mol. The third kappa shape index (κ3) is 7.12. The van der Waals surface area contributed by atoms with Crippen molar-refractivity contribution in [3.8, 4) is 5.75 Å². The Bertz CT molecular complexity index is 750. The molecule has 1 heterocycles. The molecule has 148 valence electrons. The molecule has 0 saturated heterocycles. The lowest BCUT2D eigenvalue weighted by Crippen LogP contribution is -2.37. The molecule has 0 radical (unpaired) electrons. The van der Waals surface area contributed by atoms with Crippen LogP contribution in [0.4, 0.5) is 0 Å². The molecule has 0 spiro atoms. The summed E-state index contributed by atoms with van der Waals surface area (Å²) in [6, 6.07) is 7.57. The van der Waals surface area contributed by atoms with Gasteiger partial charge in [0.15, 0.2) is 0 Å². The number of aromatic amines is 1. The monoisotopic (exact) mass is 380 g/mol. The summed E-state index contributed by atoms with van der Waals surface area (Å²) in [5.41, 5.74) is 0.966. The molecule has 0 fully saturated rings. The predicted molar refractivity (Wildman–Crippen MR) is 97.8 cm³/mol. The van der Waals surface area contributed by atoms with E-state index in [-0.39, 0.29) is 18.9 Å². The Balaban J connectivity index is 1.57. The first-order chi connectivity index (χ1) is 13.0. The molecule has 4 N–H and O–H groups in total. The Kier molecular flexibility index (Phi) is 7.83. The lowest BCUT2D eigenvalue weighted by molar-refractivity contribution is -0.767. The number of aromatic nitrogens is 1. The number of hydrogen-bond acceptors (Lipinski definition) is 7. The zero-order chi connectivity index (χ0) is 19.6. The zero-order valence-corrected chi connectivity index (χ0v) is 15.0. The summed E-state index contributed by atoms with van der Waals surface area (Å²) in [6.45, 7) is 2.67. The Labute approximate surface area is 155 Å². The molecule has 27 heavy (non-hydrogen) atoms. The van der Waals surface area contributed by atoms with Crippen LogP contribution in [0.25, 0.3) is 10.9 Å². The molecular formula is C17H24N4O6. The minimum atomic E-state index is -0.917. The number of hydrogen-bond donors (Lipinski definition) is 4. The van der Waals surface area contributed by atoms with Crippen LogP contribution < -0.4 is 15.4 Å². The molecule has 0 saturated carbocycles. The molecule has 1 aromatic carbocycles. The summed E-state index contributed by atoms with van der Waals surface area (Å²) in [6.07, 6.45) is 0.232. The van der Waals surface area contributed by atoms with E-state index in [1.807, 2.05) is 30.5 Å². The first kappa shape index (κ1) is 20.5. The van der Waals surface area contributed by atoms with Crippen molar-refractivity contribution in [2.24, 2.45) is 0 Å². The van der Waals surface area contributed by atoms with Gasteiger partial charge >= 0.3 is 0 Å². The van der Waals surface area contributed by atoms with Gasteiger partial charge in [0.05, 0.1) is 6.42 Å². The van der Waals surface area contributed by atoms with Crippen molar-refractivity contribution < 1.29 is 24.6 Å². The highest BCUT2D eigenvalue weighted by molar-refractivity contribution is 5.85. The van der Waals surface area contributed by atoms with Gasteiger partial charge in [-0.1, -0.05) is 6.07 Å². The highest BCUT2D eigenvalue weighted by Gasteiger charge is 2.12. The number of aliphatic hydroxyl groups is 1. The number of benzene rings is 1. The van der Waals surface area contributed by atoms with E-state index in [0.29, 0.717) is 25.4 Å². The average Bonchev–Trinajstić information content (AvgIpc) is 3.08. The molecule has 2 unspecified atom stereocenters. The maximum absolute atomic E-state index is 11.6. The minimum Gasteiger partial charge on any atom is -0.490 e. The van der Waals surface area contributed by atoms with Crippen molar-refractivity contribution in [2.45, 2.75) is 25.6 Å². The van der Waals surface area contributed by atoms with Crippen LogP contribution in [0.15, 0.2) is 30.5 Å². The van der Waals surface area contributed by atoms with Crippen LogP contribution in [0.3, 0.4) is 0 Å². The van der Waals surface area contributed by atoms with Crippen molar-refractivity contribution in [1.29, 1.82) is 0 Å². The first-order valence-corrected chi connectivity index (χ1v) is 8.61. The lowest BCUT2D eigenvalue weighted by Gasteiger charge is -2.14. The van der Waals surface area contributed by atoms with Gasteiger partial charge in [-0.25, -0.2) is 0 Å². The molecule has 0 aliphatic carbocycles. The van der Waals surface area contributed by atoms with E-state index < -0.39 is 17.3 Å². The van der Waals surface area contributed by atoms with Gasteiger partial charge in [-0.05, 0) is 25.1 Å². The lowest BCUT2D eigenvalue weighted by atomic mass is 10.2. The standard InChI is InChI=1S/C17H24N4O6/c1-12(27-21(24)25)9-17(23)20-8-7-18-10-13(22)11-26-16-4-2-3-15-14(16)5-6-19-15/h2-6,12-13,18-19,22H,7-11H2,1H3,(H,20,23). The zero-order valence-electron chi connectivity index (χ0n) is 15.0. The normalized spacial score (nSPS) is 13.1. The van der Waals surface area contributed by atoms with Gasteiger partial charge in [0, 0.05) is 36.7 Å². The number of amides is 1. The van der Waals surface area contributed by atoms with Crippen molar-refractivity contribution in [3.05, 3.63) is 40.6 Å². The van der Waals surface area contributed by atoms with E-state index in [2.05, 4.69) is 20.5 Å². The van der Waals surface area contributed by atoms with Crippen molar-refractivity contribution in [3.63, 3.8) is 0 Å². The number of fused-ring (bicyclic) bond motifs is 1. The second-order valence-corrected chi connectivity index (χ2v) is 6.06. The molecule has 1 amide bonds. The molecule has 2 aromatic rings.